The molecule has 1 heterocycles. The first kappa shape index (κ1) is 17.4. The molecular weight excluding hydrogens is 348 g/mol. The van der Waals surface area contributed by atoms with Gasteiger partial charge in [-0.15, -0.1) is 0 Å². The smallest absolute Gasteiger partial charge is 0.422 e. The molecule has 2 saturated carbocycles. The first-order valence-electron chi connectivity index (χ1n) is 9.75. The van der Waals surface area contributed by atoms with Gasteiger partial charge in [0, 0.05) is 5.92 Å². The van der Waals surface area contributed by atoms with Crippen LogP contribution in [0.4, 0.5) is 4.79 Å². The van der Waals surface area contributed by atoms with E-state index in [0.29, 0.717) is 11.5 Å². The molecule has 146 valence electrons. The van der Waals surface area contributed by atoms with E-state index >= 15 is 0 Å². The van der Waals surface area contributed by atoms with Crippen molar-refractivity contribution in [3.8, 4) is 0 Å². The van der Waals surface area contributed by atoms with Crippen molar-refractivity contribution in [1.29, 1.82) is 0 Å². The molecule has 6 heteroatoms. The number of ketones is 1. The van der Waals surface area contributed by atoms with Crippen LogP contribution in [-0.4, -0.2) is 46.6 Å². The van der Waals surface area contributed by atoms with Crippen LogP contribution in [0.15, 0.2) is 23.3 Å². The third-order valence-electron chi connectivity index (χ3n) is 8.33. The van der Waals surface area contributed by atoms with Crippen LogP contribution in [0.3, 0.4) is 0 Å². The van der Waals surface area contributed by atoms with E-state index in [1.807, 2.05) is 19.9 Å². The maximum Gasteiger partial charge on any atom is 0.509 e. The summed E-state index contributed by atoms with van der Waals surface area (Å²) >= 11 is 0. The van der Waals surface area contributed by atoms with Crippen molar-refractivity contribution in [3.63, 3.8) is 0 Å². The highest BCUT2D eigenvalue weighted by Gasteiger charge is 2.80. The van der Waals surface area contributed by atoms with Gasteiger partial charge in [0.25, 0.3) is 0 Å². The van der Waals surface area contributed by atoms with Crippen LogP contribution in [0.25, 0.3) is 0 Å². The zero-order chi connectivity index (χ0) is 19.5. The standard InChI is InChI=1S/C21H26O6/c1-9-7-20-10(2)5-13-14(19(13,3)4)12(16(20)24)6-11(8-22)15(23)21(20)17(9)26-18(25)27-21/h6-7,10,12-15,17,22-23H,5,8H2,1-4H3/t10-,12+,13-,14+,15-,17+,20+,21+/m1/s1. The highest BCUT2D eigenvalue weighted by molar-refractivity contribution is 5.96. The molecule has 0 aromatic rings. The van der Waals surface area contributed by atoms with Crippen molar-refractivity contribution in [3.05, 3.63) is 23.3 Å². The Hall–Kier alpha value is -1.66. The Balaban J connectivity index is 1.80. The fourth-order valence-electron chi connectivity index (χ4n) is 7.01. The second-order valence-corrected chi connectivity index (χ2v) is 9.68. The summed E-state index contributed by atoms with van der Waals surface area (Å²) in [6.45, 7) is 7.81. The number of ether oxygens (including phenoxy) is 2. The highest BCUT2D eigenvalue weighted by atomic mass is 16.8. The number of aliphatic hydroxyl groups excluding tert-OH is 2. The van der Waals surface area contributed by atoms with Gasteiger partial charge in [-0.05, 0) is 47.7 Å². The molecule has 2 N–H and O–H groups in total. The predicted octanol–water partition coefficient (Wildman–Crippen LogP) is 2.00. The molecule has 0 unspecified atom stereocenters. The topological polar surface area (TPSA) is 93.1 Å². The van der Waals surface area contributed by atoms with Crippen molar-refractivity contribution < 1.29 is 29.3 Å². The number of Topliss-reactive ketones (excluding diaryl/α,β-unsaturated/α-hetero) is 1. The molecule has 4 aliphatic carbocycles. The van der Waals surface area contributed by atoms with E-state index in [1.165, 1.54) is 0 Å². The minimum Gasteiger partial charge on any atom is -0.422 e. The molecule has 8 atom stereocenters. The molecule has 27 heavy (non-hydrogen) atoms. The normalized spacial score (nSPS) is 51.6. The summed E-state index contributed by atoms with van der Waals surface area (Å²) in [4.78, 5) is 26.2. The summed E-state index contributed by atoms with van der Waals surface area (Å²) in [6.07, 6.45) is 1.49. The van der Waals surface area contributed by atoms with E-state index in [2.05, 4.69) is 13.8 Å². The van der Waals surface area contributed by atoms with Crippen molar-refractivity contribution in [2.24, 2.45) is 34.5 Å². The molecule has 5 aliphatic rings. The fraction of sp³-hybridized carbons (Fsp3) is 0.714. The average molecular weight is 374 g/mol. The summed E-state index contributed by atoms with van der Waals surface area (Å²) in [5.41, 5.74) is -1.57. The Bertz CT molecular complexity index is 825. The Kier molecular flexibility index (Phi) is 3.13. The molecule has 1 aliphatic heterocycles. The largest absolute Gasteiger partial charge is 0.509 e. The van der Waals surface area contributed by atoms with Crippen LogP contribution in [0.5, 0.6) is 0 Å². The van der Waals surface area contributed by atoms with Crippen LogP contribution in [-0.2, 0) is 14.3 Å². The number of rotatable bonds is 1. The van der Waals surface area contributed by atoms with E-state index in [4.69, 9.17) is 9.47 Å². The Morgan fingerprint density at radius 2 is 2.00 bits per heavy atom. The lowest BCUT2D eigenvalue weighted by Crippen LogP contribution is -2.64. The molecule has 0 aromatic heterocycles. The molecule has 0 amide bonds. The second kappa shape index (κ2) is 4.84. The molecule has 6 nitrogen and oxygen atoms in total. The maximum atomic E-state index is 14.1. The predicted molar refractivity (Wildman–Crippen MR) is 94.5 cm³/mol. The number of carbonyl (C=O) groups excluding carboxylic acids is 2. The number of carbonyl (C=O) groups is 2. The van der Waals surface area contributed by atoms with E-state index in [-0.39, 0.29) is 23.0 Å². The summed E-state index contributed by atoms with van der Waals surface area (Å²) in [5.74, 6) is 0.000337. The van der Waals surface area contributed by atoms with Crippen molar-refractivity contribution >= 4 is 11.9 Å². The van der Waals surface area contributed by atoms with Gasteiger partial charge in [-0.1, -0.05) is 32.9 Å². The number of fused-ring (bicyclic) bond motifs is 3. The van der Waals surface area contributed by atoms with Crippen LogP contribution in [0.1, 0.15) is 34.1 Å². The van der Waals surface area contributed by atoms with E-state index in [1.54, 1.807) is 6.08 Å². The van der Waals surface area contributed by atoms with E-state index in [9.17, 15) is 19.8 Å². The average Bonchev–Trinajstić information content (AvgIpc) is 2.89. The highest BCUT2D eigenvalue weighted by Crippen LogP contribution is 2.72. The first-order valence-corrected chi connectivity index (χ1v) is 9.75. The third-order valence-corrected chi connectivity index (χ3v) is 8.33. The van der Waals surface area contributed by atoms with Gasteiger partial charge in [0.15, 0.2) is 11.9 Å². The lowest BCUT2D eigenvalue weighted by Gasteiger charge is -2.47. The van der Waals surface area contributed by atoms with Crippen LogP contribution < -0.4 is 0 Å². The summed E-state index contributed by atoms with van der Waals surface area (Å²) in [5, 5.41) is 21.3. The van der Waals surface area contributed by atoms with Gasteiger partial charge < -0.3 is 19.7 Å². The molecule has 0 radical (unpaired) electrons. The Morgan fingerprint density at radius 3 is 2.67 bits per heavy atom. The zero-order valence-corrected chi connectivity index (χ0v) is 16.1. The molecule has 3 fully saturated rings. The molecule has 1 saturated heterocycles. The summed E-state index contributed by atoms with van der Waals surface area (Å²) < 4.78 is 11.1. The van der Waals surface area contributed by atoms with Crippen LogP contribution in [0, 0.1) is 34.5 Å². The van der Waals surface area contributed by atoms with Gasteiger partial charge in [0.05, 0.1) is 12.0 Å². The molecule has 5 rings (SSSR count). The third kappa shape index (κ3) is 1.67. The number of hydrogen-bond donors (Lipinski definition) is 2. The summed E-state index contributed by atoms with van der Waals surface area (Å²) in [7, 11) is 0. The number of hydrogen-bond acceptors (Lipinski definition) is 6. The van der Waals surface area contributed by atoms with Crippen LogP contribution in [0.2, 0.25) is 0 Å². The Labute approximate surface area is 158 Å². The molecular formula is C21H26O6. The Morgan fingerprint density at radius 1 is 1.30 bits per heavy atom. The van der Waals surface area contributed by atoms with Crippen molar-refractivity contribution in [1.82, 2.24) is 0 Å². The maximum absolute atomic E-state index is 14.1. The monoisotopic (exact) mass is 374 g/mol. The number of allylic oxidation sites excluding steroid dienone is 1. The lowest BCUT2D eigenvalue weighted by molar-refractivity contribution is -0.161. The van der Waals surface area contributed by atoms with Crippen LogP contribution >= 0.6 is 0 Å². The van der Waals surface area contributed by atoms with Gasteiger partial charge >= 0.3 is 6.16 Å². The van der Waals surface area contributed by atoms with Crippen molar-refractivity contribution in [2.45, 2.75) is 51.9 Å². The van der Waals surface area contributed by atoms with Crippen molar-refractivity contribution in [2.75, 3.05) is 6.61 Å². The minimum atomic E-state index is -1.53. The van der Waals surface area contributed by atoms with Gasteiger partial charge in [-0.3, -0.25) is 4.79 Å². The van der Waals surface area contributed by atoms with Gasteiger partial charge in [-0.2, -0.15) is 0 Å². The van der Waals surface area contributed by atoms with Gasteiger partial charge in [0.2, 0.25) is 5.60 Å². The fourth-order valence-corrected chi connectivity index (χ4v) is 7.01. The van der Waals surface area contributed by atoms with Gasteiger partial charge in [-0.25, -0.2) is 4.79 Å². The first-order chi connectivity index (χ1) is 12.6. The van der Waals surface area contributed by atoms with Gasteiger partial charge in [0.1, 0.15) is 6.10 Å². The SMILES string of the molecule is CC1=C[C@]23C(=O)[C@@H](C=C(CO)[C@@H](O)[C@@]24OC(=O)O[C@@H]14)[C@H]1[C@@H](C[C@H]3C)C1(C)C. The van der Waals surface area contributed by atoms with E-state index in [0.717, 1.165) is 12.0 Å². The molecule has 0 aromatic carbocycles. The molecule has 2 bridgehead atoms. The molecule has 2 spiro atoms. The minimum absolute atomic E-state index is 0.0178. The lowest BCUT2D eigenvalue weighted by atomic mass is 9.59. The summed E-state index contributed by atoms with van der Waals surface area (Å²) in [6, 6.07) is 0. The second-order valence-electron chi connectivity index (χ2n) is 9.68. The zero-order valence-electron chi connectivity index (χ0n) is 16.1. The quantitative estimate of drug-likeness (QED) is 0.539. The number of aliphatic hydroxyl groups is 2. The van der Waals surface area contributed by atoms with E-state index < -0.39 is 41.9 Å².